The Hall–Kier alpha value is -5.19. The van der Waals surface area contributed by atoms with Crippen LogP contribution in [-0.2, 0) is 34.3 Å². The van der Waals surface area contributed by atoms with E-state index in [1.54, 1.807) is 44.2 Å². The molecule has 15 nitrogen and oxygen atoms in total. The maximum Gasteiger partial charge on any atom is 0.332 e. The second-order valence-electron chi connectivity index (χ2n) is 13.4. The molecule has 0 bridgehead atoms. The van der Waals surface area contributed by atoms with Gasteiger partial charge in [0.05, 0.1) is 34.7 Å². The zero-order valence-electron chi connectivity index (χ0n) is 29.4. The van der Waals surface area contributed by atoms with E-state index in [9.17, 15) is 43.2 Å². The number of amides is 1. The average molecular weight is 737 g/mol. The number of aliphatic hydroxyl groups is 1. The summed E-state index contributed by atoms with van der Waals surface area (Å²) in [7, 11) is -4.13. The number of nitrogens with one attached hydrogen (secondary N) is 1. The number of carbonyl (C=O) groups is 1. The van der Waals surface area contributed by atoms with Crippen LogP contribution < -0.4 is 11.0 Å². The Morgan fingerprint density at radius 3 is 2.21 bits per heavy atom. The molecular formula is C36H44N6O9S. The van der Waals surface area contributed by atoms with Crippen LogP contribution in [0.15, 0.2) is 99.9 Å². The number of imidazole rings is 1. The van der Waals surface area contributed by atoms with Gasteiger partial charge in [-0.15, -0.1) is 0 Å². The third-order valence-corrected chi connectivity index (χ3v) is 10.3. The Morgan fingerprint density at radius 2 is 1.62 bits per heavy atom. The average Bonchev–Trinajstić information content (AvgIpc) is 3.36. The number of nitro benzene ring substituents is 1. The van der Waals surface area contributed by atoms with Crippen molar-refractivity contribution in [2.24, 2.45) is 17.0 Å². The van der Waals surface area contributed by atoms with E-state index in [-0.39, 0.29) is 49.1 Å². The van der Waals surface area contributed by atoms with Crippen molar-refractivity contribution in [1.82, 2.24) is 18.8 Å². The molecule has 278 valence electrons. The number of nitrogens with zero attached hydrogens (tertiary/aromatic N) is 5. The van der Waals surface area contributed by atoms with Crippen molar-refractivity contribution in [3.8, 4) is 5.88 Å². The Morgan fingerprint density at radius 1 is 0.962 bits per heavy atom. The molecular weight excluding hydrogens is 692 g/mol. The summed E-state index contributed by atoms with van der Waals surface area (Å²) in [6.45, 7) is 6.47. The first-order chi connectivity index (χ1) is 24.6. The molecule has 0 saturated carbocycles. The van der Waals surface area contributed by atoms with Crippen LogP contribution in [0.25, 0.3) is 0 Å². The van der Waals surface area contributed by atoms with Crippen molar-refractivity contribution >= 4 is 21.6 Å². The number of sulfonamides is 1. The molecule has 3 aromatic carbocycles. The lowest BCUT2D eigenvalue weighted by atomic mass is 9.98. The van der Waals surface area contributed by atoms with Crippen LogP contribution in [0, 0.1) is 26.9 Å². The standard InChI is InChI=1S/C36H44N6O9S/c1-24(2)20-39(52(50,51)30-15-13-27(14-16-30)19-37-47)22-32(43)31(18-26-9-6-5-7-10-26)38-35(45)34(25(3)4)41-23-33(44)40(36(41)46)21-28-11-8-12-29(17-28)42(48)49/h5-17,23-25,31-32,34,43-44H,18-22H2,1-4H3,(H,38,45)/t31-,32+,34-/m0/s1. The lowest BCUT2D eigenvalue weighted by molar-refractivity contribution is -0.384. The van der Waals surface area contributed by atoms with Crippen molar-refractivity contribution in [1.29, 1.82) is 0 Å². The number of hydrogen-bond acceptors (Lipinski definition) is 10. The molecule has 0 aliphatic heterocycles. The van der Waals surface area contributed by atoms with Gasteiger partial charge in [0.2, 0.25) is 21.8 Å². The number of aromatic nitrogens is 2. The first-order valence-electron chi connectivity index (χ1n) is 16.8. The minimum atomic E-state index is -4.13. The van der Waals surface area contributed by atoms with Gasteiger partial charge in [0.1, 0.15) is 12.6 Å². The number of rotatable bonds is 18. The van der Waals surface area contributed by atoms with Crippen molar-refractivity contribution in [2.45, 2.75) is 70.3 Å². The highest BCUT2D eigenvalue weighted by Crippen LogP contribution is 2.24. The molecule has 16 heteroatoms. The van der Waals surface area contributed by atoms with Gasteiger partial charge in [-0.1, -0.05) is 87.5 Å². The molecule has 0 radical (unpaired) electrons. The van der Waals surface area contributed by atoms with Gasteiger partial charge in [-0.25, -0.2) is 13.2 Å². The second-order valence-corrected chi connectivity index (χ2v) is 15.3. The molecule has 1 amide bonds. The van der Waals surface area contributed by atoms with Crippen LogP contribution in [0.4, 0.5) is 5.69 Å². The van der Waals surface area contributed by atoms with Crippen LogP contribution in [0.3, 0.4) is 0 Å². The van der Waals surface area contributed by atoms with E-state index >= 15 is 0 Å². The monoisotopic (exact) mass is 736 g/mol. The van der Waals surface area contributed by atoms with E-state index in [4.69, 9.17) is 0 Å². The summed E-state index contributed by atoms with van der Waals surface area (Å²) >= 11 is 0. The van der Waals surface area contributed by atoms with Crippen LogP contribution in [0.2, 0.25) is 0 Å². The Balaban J connectivity index is 1.65. The van der Waals surface area contributed by atoms with Crippen LogP contribution in [0.5, 0.6) is 5.88 Å². The maximum absolute atomic E-state index is 14.1. The van der Waals surface area contributed by atoms with E-state index < -0.39 is 56.5 Å². The van der Waals surface area contributed by atoms with Crippen LogP contribution in [0.1, 0.15) is 50.4 Å². The fraction of sp³-hybridized carbons (Fsp3) is 0.389. The number of non-ortho nitro benzene ring substituents is 1. The van der Waals surface area contributed by atoms with Crippen LogP contribution >= 0.6 is 0 Å². The number of hydrogen-bond donors (Lipinski definition) is 3. The van der Waals surface area contributed by atoms with Gasteiger partial charge >= 0.3 is 5.69 Å². The van der Waals surface area contributed by atoms with Gasteiger partial charge in [-0.05, 0) is 47.1 Å². The number of nitro groups is 1. The molecule has 3 N–H and O–H groups in total. The van der Waals surface area contributed by atoms with Crippen molar-refractivity contribution in [3.63, 3.8) is 0 Å². The molecule has 1 heterocycles. The largest absolute Gasteiger partial charge is 0.493 e. The normalized spacial score (nSPS) is 13.6. The highest BCUT2D eigenvalue weighted by atomic mass is 32.2. The topological polar surface area (TPSA) is 206 Å². The summed E-state index contributed by atoms with van der Waals surface area (Å²) in [6, 6.07) is 18.2. The van der Waals surface area contributed by atoms with Crippen LogP contribution in [-0.4, -0.2) is 68.1 Å². The van der Waals surface area contributed by atoms with Crippen molar-refractivity contribution < 1.29 is 28.3 Å². The third-order valence-electron chi connectivity index (χ3n) is 8.50. The first kappa shape index (κ1) is 39.6. The number of aliphatic hydroxyl groups excluding tert-OH is 1. The van der Waals surface area contributed by atoms with E-state index in [1.807, 2.05) is 19.9 Å². The van der Waals surface area contributed by atoms with Gasteiger partial charge < -0.3 is 15.5 Å². The molecule has 0 aliphatic rings. The molecule has 0 aliphatic carbocycles. The zero-order chi connectivity index (χ0) is 38.2. The van der Waals surface area contributed by atoms with Gasteiger partial charge in [-0.3, -0.25) is 24.0 Å². The fourth-order valence-corrected chi connectivity index (χ4v) is 7.58. The summed E-state index contributed by atoms with van der Waals surface area (Å²) < 4.78 is 31.0. The van der Waals surface area contributed by atoms with Crippen molar-refractivity contribution in [2.75, 3.05) is 13.1 Å². The molecule has 0 fully saturated rings. The molecule has 3 atom stereocenters. The van der Waals surface area contributed by atoms with Gasteiger partial charge in [0, 0.05) is 25.2 Å². The summed E-state index contributed by atoms with van der Waals surface area (Å²) in [6.07, 6.45) is -0.164. The minimum absolute atomic E-state index is 0.0349. The number of carbonyl (C=O) groups excluding carboxylic acids is 1. The maximum atomic E-state index is 14.1. The quantitative estimate of drug-likeness (QED) is 0.0759. The molecule has 0 unspecified atom stereocenters. The predicted molar refractivity (Wildman–Crippen MR) is 194 cm³/mol. The van der Waals surface area contributed by atoms with Gasteiger partial charge in [0.25, 0.3) is 5.69 Å². The number of aromatic hydroxyl groups is 1. The molecule has 4 rings (SSSR count). The zero-order valence-corrected chi connectivity index (χ0v) is 30.2. The molecule has 0 saturated heterocycles. The lowest BCUT2D eigenvalue weighted by Crippen LogP contribution is -2.53. The van der Waals surface area contributed by atoms with E-state index in [0.29, 0.717) is 11.1 Å². The summed E-state index contributed by atoms with van der Waals surface area (Å²) in [5, 5.41) is 39.5. The highest BCUT2D eigenvalue weighted by Gasteiger charge is 2.34. The lowest BCUT2D eigenvalue weighted by Gasteiger charge is -2.32. The van der Waals surface area contributed by atoms with Crippen molar-refractivity contribution in [3.05, 3.63) is 127 Å². The summed E-state index contributed by atoms with van der Waals surface area (Å²) in [4.78, 5) is 49.1. The summed E-state index contributed by atoms with van der Waals surface area (Å²) in [5.74, 6) is -1.72. The van der Waals surface area contributed by atoms with E-state index in [0.717, 1.165) is 25.2 Å². The number of benzene rings is 3. The minimum Gasteiger partial charge on any atom is -0.493 e. The Kier molecular flexibility index (Phi) is 13.2. The first-order valence-corrected chi connectivity index (χ1v) is 18.2. The van der Waals surface area contributed by atoms with Gasteiger partial charge in [-0.2, -0.15) is 9.21 Å². The number of nitroso groups, excluding NO2 is 1. The Labute approximate surface area is 301 Å². The SMILES string of the molecule is CC(C)CN(C[C@@H](O)[C@H](Cc1ccccc1)NC(=O)[C@H](C(C)C)n1cc(O)n(Cc2cccc([N+](=O)[O-])c2)c1=O)S(=O)(=O)c1ccc(CN=O)cc1. The molecule has 1 aromatic heterocycles. The highest BCUT2D eigenvalue weighted by molar-refractivity contribution is 7.89. The summed E-state index contributed by atoms with van der Waals surface area (Å²) in [5.41, 5.74) is 0.764. The van der Waals surface area contributed by atoms with E-state index in [1.165, 1.54) is 42.5 Å². The predicted octanol–water partition coefficient (Wildman–Crippen LogP) is 4.21. The Bertz CT molecular complexity index is 2010. The third kappa shape index (κ3) is 9.77. The second kappa shape index (κ2) is 17.4. The fourth-order valence-electron chi connectivity index (χ4n) is 5.96. The molecule has 52 heavy (non-hydrogen) atoms. The molecule has 4 aromatic rings. The molecule has 0 spiro atoms. The van der Waals surface area contributed by atoms with Gasteiger partial charge in [0.15, 0.2) is 0 Å². The smallest absolute Gasteiger partial charge is 0.332 e. The van der Waals surface area contributed by atoms with E-state index in [2.05, 4.69) is 10.5 Å².